The number of aromatic nitrogens is 1. The van der Waals surface area contributed by atoms with Crippen molar-refractivity contribution in [3.63, 3.8) is 0 Å². The van der Waals surface area contributed by atoms with Crippen molar-refractivity contribution in [3.05, 3.63) is 64.5 Å². The number of nitrogens with zero attached hydrogens (tertiary/aromatic N) is 1. The van der Waals surface area contributed by atoms with E-state index in [0.29, 0.717) is 12.1 Å². The number of hydrogen-bond donors (Lipinski definition) is 2. The van der Waals surface area contributed by atoms with Crippen LogP contribution in [0.15, 0.2) is 52.1 Å². The summed E-state index contributed by atoms with van der Waals surface area (Å²) in [5.41, 5.74) is 1.00. The van der Waals surface area contributed by atoms with Crippen molar-refractivity contribution in [2.45, 2.75) is 13.0 Å². The molecule has 0 aromatic carbocycles. The molecular formula is C15H17N3O3. The van der Waals surface area contributed by atoms with E-state index in [1.165, 1.54) is 12.1 Å². The second-order valence-electron chi connectivity index (χ2n) is 4.49. The van der Waals surface area contributed by atoms with Crippen molar-refractivity contribution in [2.24, 2.45) is 0 Å². The molecule has 6 nitrogen and oxygen atoms in total. The van der Waals surface area contributed by atoms with Crippen LogP contribution in [0.4, 0.5) is 0 Å². The summed E-state index contributed by atoms with van der Waals surface area (Å²) in [6, 6.07) is 6.58. The summed E-state index contributed by atoms with van der Waals surface area (Å²) in [7, 11) is 0. The van der Waals surface area contributed by atoms with E-state index in [4.69, 9.17) is 0 Å². The summed E-state index contributed by atoms with van der Waals surface area (Å²) in [4.78, 5) is 26.5. The van der Waals surface area contributed by atoms with E-state index in [1.807, 2.05) is 18.3 Å². The van der Waals surface area contributed by atoms with Crippen LogP contribution in [0.1, 0.15) is 22.3 Å². The van der Waals surface area contributed by atoms with E-state index < -0.39 is 5.63 Å². The summed E-state index contributed by atoms with van der Waals surface area (Å²) in [6.07, 6.45) is 5.53. The summed E-state index contributed by atoms with van der Waals surface area (Å²) < 4.78 is 4.64. The molecule has 0 bridgehead atoms. The Morgan fingerprint density at radius 1 is 1.24 bits per heavy atom. The van der Waals surface area contributed by atoms with Gasteiger partial charge in [0.15, 0.2) is 0 Å². The van der Waals surface area contributed by atoms with Crippen molar-refractivity contribution in [1.82, 2.24) is 15.6 Å². The Labute approximate surface area is 122 Å². The van der Waals surface area contributed by atoms with Crippen molar-refractivity contribution in [2.75, 3.05) is 13.1 Å². The molecule has 0 radical (unpaired) electrons. The van der Waals surface area contributed by atoms with Gasteiger partial charge in [0.1, 0.15) is 6.26 Å². The van der Waals surface area contributed by atoms with Gasteiger partial charge in [-0.05, 0) is 30.7 Å². The van der Waals surface area contributed by atoms with Gasteiger partial charge in [-0.15, -0.1) is 0 Å². The van der Waals surface area contributed by atoms with Gasteiger partial charge in [0.25, 0.3) is 5.91 Å². The van der Waals surface area contributed by atoms with Crippen LogP contribution in [0, 0.1) is 0 Å². The second-order valence-corrected chi connectivity index (χ2v) is 4.49. The maximum absolute atomic E-state index is 11.7. The molecule has 0 aliphatic rings. The number of pyridine rings is 1. The SMILES string of the molecule is O=C(NCCCNCc1cccnc1)c1ccc(=O)oc1. The highest BCUT2D eigenvalue weighted by Crippen LogP contribution is 1.95. The van der Waals surface area contributed by atoms with Gasteiger partial charge < -0.3 is 15.1 Å². The molecule has 0 saturated carbocycles. The van der Waals surface area contributed by atoms with Crippen LogP contribution in [0.5, 0.6) is 0 Å². The summed E-state index contributed by atoms with van der Waals surface area (Å²) in [6.45, 7) is 2.10. The van der Waals surface area contributed by atoms with Crippen LogP contribution in [0.3, 0.4) is 0 Å². The Morgan fingerprint density at radius 3 is 2.86 bits per heavy atom. The lowest BCUT2D eigenvalue weighted by Gasteiger charge is -2.06. The molecule has 21 heavy (non-hydrogen) atoms. The third kappa shape index (κ3) is 5.19. The Hall–Kier alpha value is -2.47. The fourth-order valence-electron chi connectivity index (χ4n) is 1.74. The van der Waals surface area contributed by atoms with Gasteiger partial charge in [-0.2, -0.15) is 0 Å². The molecule has 2 heterocycles. The lowest BCUT2D eigenvalue weighted by molar-refractivity contribution is 0.0951. The Kier molecular flexibility index (Phi) is 5.66. The average Bonchev–Trinajstić information content (AvgIpc) is 2.52. The first-order chi connectivity index (χ1) is 10.3. The zero-order valence-corrected chi connectivity index (χ0v) is 11.5. The molecule has 2 N–H and O–H groups in total. The van der Waals surface area contributed by atoms with E-state index in [0.717, 1.165) is 31.3 Å². The van der Waals surface area contributed by atoms with Crippen molar-refractivity contribution in [1.29, 1.82) is 0 Å². The highest BCUT2D eigenvalue weighted by Gasteiger charge is 2.04. The van der Waals surface area contributed by atoms with E-state index in [2.05, 4.69) is 20.0 Å². The quantitative estimate of drug-likeness (QED) is 0.741. The lowest BCUT2D eigenvalue weighted by Crippen LogP contribution is -2.27. The predicted octanol–water partition coefficient (Wildman–Crippen LogP) is 0.944. The van der Waals surface area contributed by atoms with Crippen molar-refractivity contribution >= 4 is 5.91 Å². The van der Waals surface area contributed by atoms with Crippen LogP contribution in [0.25, 0.3) is 0 Å². The standard InChI is InChI=1S/C15H17N3O3/c19-14-5-4-13(11-21-14)15(20)18-8-2-7-17-10-12-3-1-6-16-9-12/h1,3-6,9,11,17H,2,7-8,10H2,(H,18,20). The number of rotatable bonds is 7. The highest BCUT2D eigenvalue weighted by atomic mass is 16.4. The van der Waals surface area contributed by atoms with Crippen molar-refractivity contribution < 1.29 is 9.21 Å². The highest BCUT2D eigenvalue weighted by molar-refractivity contribution is 5.93. The third-order valence-corrected chi connectivity index (χ3v) is 2.83. The van der Waals surface area contributed by atoms with Crippen LogP contribution in [-0.4, -0.2) is 24.0 Å². The molecule has 0 spiro atoms. The van der Waals surface area contributed by atoms with Gasteiger partial charge in [-0.25, -0.2) is 4.79 Å². The van der Waals surface area contributed by atoms with E-state index in [1.54, 1.807) is 6.20 Å². The van der Waals surface area contributed by atoms with Crippen LogP contribution >= 0.6 is 0 Å². The molecule has 0 aliphatic heterocycles. The average molecular weight is 287 g/mol. The Bertz CT molecular complexity index is 605. The number of carbonyl (C=O) groups is 1. The predicted molar refractivity (Wildman–Crippen MR) is 77.9 cm³/mol. The summed E-state index contributed by atoms with van der Waals surface area (Å²) in [5, 5.41) is 6.04. The molecular weight excluding hydrogens is 270 g/mol. The van der Waals surface area contributed by atoms with Crippen LogP contribution in [0.2, 0.25) is 0 Å². The van der Waals surface area contributed by atoms with E-state index in [9.17, 15) is 9.59 Å². The van der Waals surface area contributed by atoms with E-state index >= 15 is 0 Å². The first kappa shape index (κ1) is 14.9. The monoisotopic (exact) mass is 287 g/mol. The zero-order chi connectivity index (χ0) is 14.9. The molecule has 0 saturated heterocycles. The number of hydrogen-bond acceptors (Lipinski definition) is 5. The maximum Gasteiger partial charge on any atom is 0.335 e. The molecule has 2 aromatic heterocycles. The molecule has 0 fully saturated rings. The first-order valence-electron chi connectivity index (χ1n) is 6.72. The van der Waals surface area contributed by atoms with E-state index in [-0.39, 0.29) is 5.91 Å². The molecule has 6 heteroatoms. The second kappa shape index (κ2) is 7.96. The van der Waals surface area contributed by atoms with Crippen molar-refractivity contribution in [3.8, 4) is 0 Å². The van der Waals surface area contributed by atoms with Crippen LogP contribution in [-0.2, 0) is 6.54 Å². The molecule has 0 aliphatic carbocycles. The number of carbonyl (C=O) groups excluding carboxylic acids is 1. The fraction of sp³-hybridized carbons (Fsp3) is 0.267. The smallest absolute Gasteiger partial charge is 0.335 e. The maximum atomic E-state index is 11.7. The molecule has 110 valence electrons. The van der Waals surface area contributed by atoms with Gasteiger partial charge in [-0.1, -0.05) is 6.07 Å². The molecule has 0 atom stereocenters. The number of nitrogens with one attached hydrogen (secondary N) is 2. The molecule has 2 rings (SSSR count). The summed E-state index contributed by atoms with van der Waals surface area (Å²) >= 11 is 0. The minimum atomic E-state index is -0.467. The van der Waals surface area contributed by atoms with Gasteiger partial charge in [0, 0.05) is 31.5 Å². The van der Waals surface area contributed by atoms with Gasteiger partial charge in [-0.3, -0.25) is 9.78 Å². The lowest BCUT2D eigenvalue weighted by atomic mass is 10.2. The Balaban J connectivity index is 1.60. The zero-order valence-electron chi connectivity index (χ0n) is 11.5. The molecule has 0 unspecified atom stereocenters. The minimum absolute atomic E-state index is 0.244. The fourth-order valence-corrected chi connectivity index (χ4v) is 1.74. The number of amides is 1. The largest absolute Gasteiger partial charge is 0.430 e. The minimum Gasteiger partial charge on any atom is -0.430 e. The van der Waals surface area contributed by atoms with Gasteiger partial charge in [0.2, 0.25) is 0 Å². The first-order valence-corrected chi connectivity index (χ1v) is 6.72. The normalized spacial score (nSPS) is 10.3. The topological polar surface area (TPSA) is 84.2 Å². The molecule has 1 amide bonds. The summed E-state index contributed by atoms with van der Waals surface area (Å²) in [5.74, 6) is -0.244. The van der Waals surface area contributed by atoms with Gasteiger partial charge in [0.05, 0.1) is 5.56 Å². The third-order valence-electron chi connectivity index (χ3n) is 2.83. The molecule has 2 aromatic rings. The van der Waals surface area contributed by atoms with Crippen LogP contribution < -0.4 is 16.3 Å². The Morgan fingerprint density at radius 2 is 2.14 bits per heavy atom. The van der Waals surface area contributed by atoms with Gasteiger partial charge >= 0.3 is 5.63 Å².